The molecule has 26 heavy (non-hydrogen) atoms. The number of benzene rings is 1. The molecule has 1 aliphatic carbocycles. The minimum Gasteiger partial charge on any atom is -0.323 e. The number of nitrogens with zero attached hydrogens (tertiary/aromatic N) is 1. The molecule has 1 N–H and O–H groups in total. The van der Waals surface area contributed by atoms with Crippen LogP contribution in [0.3, 0.4) is 0 Å². The van der Waals surface area contributed by atoms with Crippen molar-refractivity contribution in [2.45, 2.75) is 64.3 Å². The van der Waals surface area contributed by atoms with Gasteiger partial charge in [-0.2, -0.15) is 0 Å². The van der Waals surface area contributed by atoms with E-state index in [2.05, 4.69) is 26.1 Å². The highest BCUT2D eigenvalue weighted by molar-refractivity contribution is 6.11. The zero-order chi connectivity index (χ0) is 19.1. The van der Waals surface area contributed by atoms with Gasteiger partial charge in [0.05, 0.1) is 6.54 Å². The Kier molecular flexibility index (Phi) is 4.67. The molecule has 5 nitrogen and oxygen atoms in total. The Morgan fingerprint density at radius 2 is 1.85 bits per heavy atom. The lowest BCUT2D eigenvalue weighted by Gasteiger charge is -2.36. The van der Waals surface area contributed by atoms with Gasteiger partial charge in [-0.1, -0.05) is 64.8 Å². The molecule has 140 valence electrons. The van der Waals surface area contributed by atoms with E-state index < -0.39 is 11.6 Å². The molecule has 5 heteroatoms. The van der Waals surface area contributed by atoms with Crippen molar-refractivity contribution in [3.8, 4) is 0 Å². The summed E-state index contributed by atoms with van der Waals surface area (Å²) in [5.41, 5.74) is 0.858. The van der Waals surface area contributed by atoms with Crippen LogP contribution in [0.1, 0.15) is 69.3 Å². The average molecular weight is 356 g/mol. The molecule has 1 heterocycles. The second-order valence-electron chi connectivity index (χ2n) is 8.69. The zero-order valence-corrected chi connectivity index (χ0v) is 16.1. The van der Waals surface area contributed by atoms with Gasteiger partial charge in [0.1, 0.15) is 5.54 Å². The quantitative estimate of drug-likeness (QED) is 0.664. The molecule has 1 aromatic rings. The second-order valence-corrected chi connectivity index (χ2v) is 8.69. The average Bonchev–Trinajstić information content (AvgIpc) is 2.82. The highest BCUT2D eigenvalue weighted by Crippen LogP contribution is 2.38. The summed E-state index contributed by atoms with van der Waals surface area (Å²) < 4.78 is 0. The lowest BCUT2D eigenvalue weighted by atomic mass is 9.73. The summed E-state index contributed by atoms with van der Waals surface area (Å²) >= 11 is 0. The Hall–Kier alpha value is -2.17. The number of rotatable bonds is 3. The van der Waals surface area contributed by atoms with Gasteiger partial charge in [0, 0.05) is 5.56 Å². The van der Waals surface area contributed by atoms with Crippen LogP contribution in [0.5, 0.6) is 0 Å². The van der Waals surface area contributed by atoms with Crippen LogP contribution in [-0.4, -0.2) is 34.7 Å². The van der Waals surface area contributed by atoms with Gasteiger partial charge in [-0.3, -0.25) is 14.5 Å². The summed E-state index contributed by atoms with van der Waals surface area (Å²) in [4.78, 5) is 39.1. The maximum atomic E-state index is 12.9. The predicted octanol–water partition coefficient (Wildman–Crippen LogP) is 3.67. The fourth-order valence-corrected chi connectivity index (χ4v) is 4.03. The number of urea groups is 1. The number of Topliss-reactive ketones (excluding diaryl/α,β-unsaturated/α-hetero) is 1. The molecular formula is C21H28N2O3. The maximum absolute atomic E-state index is 12.9. The predicted molar refractivity (Wildman–Crippen MR) is 100 cm³/mol. The van der Waals surface area contributed by atoms with Gasteiger partial charge < -0.3 is 5.32 Å². The number of carbonyl (C=O) groups is 3. The monoisotopic (exact) mass is 356 g/mol. The molecular weight excluding hydrogens is 328 g/mol. The van der Waals surface area contributed by atoms with E-state index in [0.717, 1.165) is 29.7 Å². The number of nitrogens with one attached hydrogen (secondary N) is 1. The molecule has 0 aromatic heterocycles. The van der Waals surface area contributed by atoms with E-state index in [1.54, 1.807) is 12.1 Å². The van der Waals surface area contributed by atoms with Crippen molar-refractivity contribution >= 4 is 17.7 Å². The van der Waals surface area contributed by atoms with Gasteiger partial charge in [0.2, 0.25) is 0 Å². The van der Waals surface area contributed by atoms with Crippen LogP contribution in [0.2, 0.25) is 0 Å². The number of hydrogen-bond donors (Lipinski definition) is 1. The van der Waals surface area contributed by atoms with E-state index in [9.17, 15) is 14.4 Å². The molecule has 0 radical (unpaired) electrons. The van der Waals surface area contributed by atoms with Gasteiger partial charge in [0.25, 0.3) is 5.91 Å². The largest absolute Gasteiger partial charge is 0.325 e. The molecule has 2 atom stereocenters. The van der Waals surface area contributed by atoms with E-state index >= 15 is 0 Å². The first-order valence-electron chi connectivity index (χ1n) is 9.43. The number of amides is 3. The standard InChI is InChI=1S/C21H28N2O3/c1-14-7-5-6-12-21(14)18(25)23(19(26)22-21)13-17(24)15-8-10-16(11-9-15)20(2,3)4/h8-11,14H,5-7,12-13H2,1-4H3,(H,22,26)/t14-,21-/m0/s1. The molecule has 3 rings (SSSR count). The van der Waals surface area contributed by atoms with Crippen molar-refractivity contribution in [3.63, 3.8) is 0 Å². The van der Waals surface area contributed by atoms with Crippen LogP contribution >= 0.6 is 0 Å². The highest BCUT2D eigenvalue weighted by atomic mass is 16.2. The molecule has 1 saturated heterocycles. The van der Waals surface area contributed by atoms with Crippen molar-refractivity contribution in [1.29, 1.82) is 0 Å². The molecule has 2 fully saturated rings. The third-order valence-corrected chi connectivity index (χ3v) is 5.88. The summed E-state index contributed by atoms with van der Waals surface area (Å²) in [5, 5.41) is 2.89. The van der Waals surface area contributed by atoms with Gasteiger partial charge in [-0.15, -0.1) is 0 Å². The third kappa shape index (κ3) is 3.15. The van der Waals surface area contributed by atoms with Crippen molar-refractivity contribution in [2.75, 3.05) is 6.54 Å². The topological polar surface area (TPSA) is 66.5 Å². The first kappa shape index (κ1) is 18.6. The minimum absolute atomic E-state index is 0.00981. The van der Waals surface area contributed by atoms with Gasteiger partial charge in [-0.05, 0) is 29.7 Å². The second kappa shape index (κ2) is 6.53. The summed E-state index contributed by atoms with van der Waals surface area (Å²) in [6.45, 7) is 8.15. The van der Waals surface area contributed by atoms with E-state index in [0.29, 0.717) is 12.0 Å². The molecule has 0 unspecified atom stereocenters. The summed E-state index contributed by atoms with van der Waals surface area (Å²) in [6, 6.07) is 6.98. The van der Waals surface area contributed by atoms with Crippen molar-refractivity contribution < 1.29 is 14.4 Å². The summed E-state index contributed by atoms with van der Waals surface area (Å²) in [6.07, 6.45) is 3.57. The first-order valence-corrected chi connectivity index (χ1v) is 9.43. The lowest BCUT2D eigenvalue weighted by molar-refractivity contribution is -0.133. The van der Waals surface area contributed by atoms with Gasteiger partial charge in [0.15, 0.2) is 5.78 Å². The van der Waals surface area contributed by atoms with Crippen molar-refractivity contribution in [3.05, 3.63) is 35.4 Å². The Bertz CT molecular complexity index is 733. The minimum atomic E-state index is -0.814. The molecule has 1 saturated carbocycles. The fourth-order valence-electron chi connectivity index (χ4n) is 4.03. The fraction of sp³-hybridized carbons (Fsp3) is 0.571. The number of imide groups is 1. The number of hydrogen-bond acceptors (Lipinski definition) is 3. The van der Waals surface area contributed by atoms with E-state index in [1.807, 2.05) is 19.1 Å². The lowest BCUT2D eigenvalue weighted by Crippen LogP contribution is -2.54. The Morgan fingerprint density at radius 1 is 1.19 bits per heavy atom. The Balaban J connectivity index is 1.75. The van der Waals surface area contributed by atoms with E-state index in [1.165, 1.54) is 0 Å². The van der Waals surface area contributed by atoms with Gasteiger partial charge in [-0.25, -0.2) is 4.79 Å². The zero-order valence-electron chi connectivity index (χ0n) is 16.1. The molecule has 1 spiro atoms. The smallest absolute Gasteiger partial charge is 0.323 e. The molecule has 2 aliphatic rings. The van der Waals surface area contributed by atoms with Crippen molar-refractivity contribution in [1.82, 2.24) is 10.2 Å². The number of carbonyl (C=O) groups excluding carboxylic acids is 3. The van der Waals surface area contributed by atoms with E-state index in [4.69, 9.17) is 0 Å². The molecule has 1 aliphatic heterocycles. The van der Waals surface area contributed by atoms with Crippen LogP contribution in [0.15, 0.2) is 24.3 Å². The van der Waals surface area contributed by atoms with Crippen LogP contribution in [0.25, 0.3) is 0 Å². The van der Waals surface area contributed by atoms with E-state index in [-0.39, 0.29) is 29.6 Å². The highest BCUT2D eigenvalue weighted by Gasteiger charge is 2.55. The third-order valence-electron chi connectivity index (χ3n) is 5.88. The molecule has 3 amide bonds. The summed E-state index contributed by atoms with van der Waals surface area (Å²) in [7, 11) is 0. The van der Waals surface area contributed by atoms with Crippen LogP contribution in [0, 0.1) is 5.92 Å². The first-order chi connectivity index (χ1) is 12.1. The SMILES string of the molecule is C[C@H]1CCCC[C@]12NC(=O)N(CC(=O)c1ccc(C(C)(C)C)cc1)C2=O. The summed E-state index contributed by atoms with van der Waals surface area (Å²) in [5.74, 6) is -0.359. The van der Waals surface area contributed by atoms with Crippen LogP contribution < -0.4 is 5.32 Å². The Morgan fingerprint density at radius 3 is 2.42 bits per heavy atom. The van der Waals surface area contributed by atoms with Crippen LogP contribution in [0.4, 0.5) is 4.79 Å². The molecule has 1 aromatic carbocycles. The Labute approximate surface area is 155 Å². The maximum Gasteiger partial charge on any atom is 0.325 e. The van der Waals surface area contributed by atoms with Crippen LogP contribution in [-0.2, 0) is 10.2 Å². The number of ketones is 1. The van der Waals surface area contributed by atoms with Gasteiger partial charge >= 0.3 is 6.03 Å². The molecule has 0 bridgehead atoms. The van der Waals surface area contributed by atoms with Crippen molar-refractivity contribution in [2.24, 2.45) is 5.92 Å². The normalized spacial score (nSPS) is 26.3.